The SMILES string of the molecule is CCCCN(CC(O)C(Cc1ccc(O)cc1)NC(=O)c1cc(C(=O)N(C)C)cc(C(=O)N(CCC)CCC)c1)NC(=O)C(C)C. The molecule has 4 amide bonds. The van der Waals surface area contributed by atoms with Crippen LogP contribution in [0.15, 0.2) is 42.5 Å². The number of hydrogen-bond acceptors (Lipinski definition) is 7. The van der Waals surface area contributed by atoms with Crippen molar-refractivity contribution < 1.29 is 29.4 Å². The molecule has 0 saturated carbocycles. The van der Waals surface area contributed by atoms with Gasteiger partial charge in [-0.1, -0.05) is 53.2 Å². The van der Waals surface area contributed by atoms with Crippen molar-refractivity contribution in [3.63, 3.8) is 0 Å². The van der Waals surface area contributed by atoms with Crippen molar-refractivity contribution in [1.82, 2.24) is 25.6 Å². The van der Waals surface area contributed by atoms with E-state index in [1.165, 1.54) is 35.2 Å². The van der Waals surface area contributed by atoms with Crippen molar-refractivity contribution in [2.45, 2.75) is 78.9 Å². The summed E-state index contributed by atoms with van der Waals surface area (Å²) in [6.45, 7) is 11.2. The first kappa shape index (κ1) is 38.2. The number of aliphatic hydroxyl groups is 1. The van der Waals surface area contributed by atoms with Crippen LogP contribution in [0.1, 0.15) is 96.9 Å². The molecule has 0 aliphatic rings. The number of nitrogens with zero attached hydrogens (tertiary/aromatic N) is 3. The van der Waals surface area contributed by atoms with Crippen LogP contribution >= 0.6 is 0 Å². The molecule has 2 aromatic rings. The van der Waals surface area contributed by atoms with Crippen molar-refractivity contribution in [1.29, 1.82) is 0 Å². The maximum absolute atomic E-state index is 13.9. The summed E-state index contributed by atoms with van der Waals surface area (Å²) in [5.41, 5.74) is 4.19. The average molecular weight is 640 g/mol. The molecule has 0 aliphatic heterocycles. The zero-order chi connectivity index (χ0) is 34.4. The fraction of sp³-hybridized carbons (Fsp3) is 0.543. The highest BCUT2D eigenvalue weighted by atomic mass is 16.3. The minimum Gasteiger partial charge on any atom is -0.508 e. The van der Waals surface area contributed by atoms with E-state index < -0.39 is 18.1 Å². The topological polar surface area (TPSA) is 143 Å². The number of phenols is 1. The summed E-state index contributed by atoms with van der Waals surface area (Å²) in [5.74, 6) is -1.52. The van der Waals surface area contributed by atoms with Crippen LogP contribution in [0.4, 0.5) is 0 Å². The van der Waals surface area contributed by atoms with Crippen LogP contribution in [0, 0.1) is 5.92 Å². The molecule has 11 nitrogen and oxygen atoms in total. The largest absolute Gasteiger partial charge is 0.508 e. The Kier molecular flexibility index (Phi) is 15.7. The van der Waals surface area contributed by atoms with Crippen molar-refractivity contribution in [2.24, 2.45) is 5.92 Å². The first-order chi connectivity index (χ1) is 21.8. The number of hydrogen-bond donors (Lipinski definition) is 4. The maximum Gasteiger partial charge on any atom is 0.253 e. The molecule has 0 fully saturated rings. The second-order valence-electron chi connectivity index (χ2n) is 12.2. The summed E-state index contributed by atoms with van der Waals surface area (Å²) in [5, 5.41) is 25.9. The summed E-state index contributed by atoms with van der Waals surface area (Å²) in [7, 11) is 3.20. The van der Waals surface area contributed by atoms with Gasteiger partial charge in [-0.3, -0.25) is 24.6 Å². The molecule has 2 atom stereocenters. The minimum atomic E-state index is -1.11. The third-order valence-corrected chi connectivity index (χ3v) is 7.52. The molecule has 4 N–H and O–H groups in total. The number of aromatic hydroxyl groups is 1. The number of unbranched alkanes of at least 4 members (excludes halogenated alkanes) is 1. The summed E-state index contributed by atoms with van der Waals surface area (Å²) in [6, 6.07) is 10.1. The number of nitrogens with one attached hydrogen (secondary N) is 2. The predicted molar refractivity (Wildman–Crippen MR) is 179 cm³/mol. The van der Waals surface area contributed by atoms with E-state index in [4.69, 9.17) is 0 Å². The molecule has 2 aromatic carbocycles. The van der Waals surface area contributed by atoms with Gasteiger partial charge in [-0.2, -0.15) is 0 Å². The third kappa shape index (κ3) is 11.8. The lowest BCUT2D eigenvalue weighted by Gasteiger charge is -2.31. The lowest BCUT2D eigenvalue weighted by molar-refractivity contribution is -0.129. The molecule has 0 aliphatic carbocycles. The van der Waals surface area contributed by atoms with Gasteiger partial charge in [0, 0.05) is 62.9 Å². The summed E-state index contributed by atoms with van der Waals surface area (Å²) < 4.78 is 0. The Morgan fingerprint density at radius 1 is 0.804 bits per heavy atom. The van der Waals surface area contributed by atoms with E-state index in [9.17, 15) is 29.4 Å². The monoisotopic (exact) mass is 639 g/mol. The van der Waals surface area contributed by atoms with Gasteiger partial charge in [0.1, 0.15) is 5.75 Å². The standard InChI is InChI=1S/C35H53N5O6/c1-8-11-18-40(37-32(43)24(4)5)23-31(42)30(19-25-12-14-29(41)15-13-25)36-33(44)26-20-27(34(45)38(6)7)22-28(21-26)35(46)39(16-9-2)17-10-3/h12-15,20-22,24,30-31,41-42H,8-11,16-19,23H2,1-7H3,(H,36,44)(H,37,43). The summed E-state index contributed by atoms with van der Waals surface area (Å²) in [4.78, 5) is 56.1. The molecule has 0 radical (unpaired) electrons. The number of benzene rings is 2. The van der Waals surface area contributed by atoms with Crippen LogP contribution in [-0.2, 0) is 11.2 Å². The van der Waals surface area contributed by atoms with Crippen LogP contribution < -0.4 is 10.7 Å². The van der Waals surface area contributed by atoms with E-state index in [1.807, 2.05) is 20.8 Å². The van der Waals surface area contributed by atoms with Gasteiger partial charge in [0.05, 0.1) is 12.1 Å². The Morgan fingerprint density at radius 2 is 1.37 bits per heavy atom. The molecule has 0 heterocycles. The van der Waals surface area contributed by atoms with E-state index in [1.54, 1.807) is 50.0 Å². The van der Waals surface area contributed by atoms with Crippen LogP contribution in [-0.4, -0.2) is 101 Å². The Hall–Kier alpha value is -3.96. The quantitative estimate of drug-likeness (QED) is 0.182. The highest BCUT2D eigenvalue weighted by Crippen LogP contribution is 2.18. The fourth-order valence-electron chi connectivity index (χ4n) is 4.90. The van der Waals surface area contributed by atoms with Gasteiger partial charge >= 0.3 is 0 Å². The molecule has 46 heavy (non-hydrogen) atoms. The first-order valence-electron chi connectivity index (χ1n) is 16.3. The molecule has 11 heteroatoms. The molecule has 2 rings (SSSR count). The van der Waals surface area contributed by atoms with Crippen molar-refractivity contribution in [2.75, 3.05) is 40.3 Å². The molecular weight excluding hydrogens is 586 g/mol. The molecule has 0 saturated heterocycles. The van der Waals surface area contributed by atoms with Crippen molar-refractivity contribution >= 4 is 23.6 Å². The Bertz CT molecular complexity index is 1290. The Morgan fingerprint density at radius 3 is 1.89 bits per heavy atom. The zero-order valence-electron chi connectivity index (χ0n) is 28.5. The van der Waals surface area contributed by atoms with E-state index in [-0.39, 0.29) is 59.0 Å². The highest BCUT2D eigenvalue weighted by molar-refractivity contribution is 6.04. The Balaban J connectivity index is 2.49. The van der Waals surface area contributed by atoms with E-state index in [2.05, 4.69) is 10.7 Å². The molecule has 254 valence electrons. The molecule has 2 unspecified atom stereocenters. The van der Waals surface area contributed by atoms with E-state index in [0.29, 0.717) is 19.6 Å². The third-order valence-electron chi connectivity index (χ3n) is 7.52. The van der Waals surface area contributed by atoms with E-state index >= 15 is 0 Å². The first-order valence-corrected chi connectivity index (χ1v) is 16.3. The minimum absolute atomic E-state index is 0.0490. The van der Waals surface area contributed by atoms with Gasteiger partial charge in [0.2, 0.25) is 5.91 Å². The summed E-state index contributed by atoms with van der Waals surface area (Å²) >= 11 is 0. The molecule has 0 spiro atoms. The second-order valence-corrected chi connectivity index (χ2v) is 12.2. The van der Waals surface area contributed by atoms with Crippen LogP contribution in [0.3, 0.4) is 0 Å². The van der Waals surface area contributed by atoms with Crippen molar-refractivity contribution in [3.05, 3.63) is 64.7 Å². The van der Waals surface area contributed by atoms with Gasteiger partial charge < -0.3 is 25.3 Å². The number of hydrazine groups is 1. The smallest absolute Gasteiger partial charge is 0.253 e. The van der Waals surface area contributed by atoms with Crippen LogP contribution in [0.2, 0.25) is 0 Å². The summed E-state index contributed by atoms with van der Waals surface area (Å²) in [6.07, 6.45) is 2.30. The van der Waals surface area contributed by atoms with Gasteiger partial charge in [-0.15, -0.1) is 0 Å². The van der Waals surface area contributed by atoms with Gasteiger partial charge in [-0.05, 0) is 61.6 Å². The van der Waals surface area contributed by atoms with Gasteiger partial charge in [-0.25, -0.2) is 5.01 Å². The maximum atomic E-state index is 13.9. The average Bonchev–Trinajstić information content (AvgIpc) is 3.02. The van der Waals surface area contributed by atoms with Crippen molar-refractivity contribution in [3.8, 4) is 5.75 Å². The normalized spacial score (nSPS) is 12.5. The van der Waals surface area contributed by atoms with E-state index in [0.717, 1.165) is 31.2 Å². The number of rotatable bonds is 18. The number of amides is 4. The molecular formula is C35H53N5O6. The van der Waals surface area contributed by atoms with Crippen LogP contribution in [0.5, 0.6) is 5.75 Å². The Labute approximate surface area is 273 Å². The van der Waals surface area contributed by atoms with Gasteiger partial charge in [0.25, 0.3) is 17.7 Å². The number of carbonyl (C=O) groups excluding carboxylic acids is 4. The number of carbonyl (C=O) groups is 4. The zero-order valence-corrected chi connectivity index (χ0v) is 28.5. The van der Waals surface area contributed by atoms with Crippen LogP contribution in [0.25, 0.3) is 0 Å². The number of aliphatic hydroxyl groups excluding tert-OH is 1. The molecule has 0 bridgehead atoms. The lowest BCUT2D eigenvalue weighted by Crippen LogP contribution is -2.54. The predicted octanol–water partition coefficient (Wildman–Crippen LogP) is 3.85. The lowest BCUT2D eigenvalue weighted by atomic mass is 9.99. The highest BCUT2D eigenvalue weighted by Gasteiger charge is 2.27. The second kappa shape index (κ2) is 18.9. The van der Waals surface area contributed by atoms with Gasteiger partial charge in [0.15, 0.2) is 0 Å². The molecule has 0 aromatic heterocycles. The fourth-order valence-corrected chi connectivity index (χ4v) is 4.90. The number of phenolic OH excluding ortho intramolecular Hbond substituents is 1.